The minimum Gasteiger partial charge on any atom is -0.489 e. The third-order valence-electron chi connectivity index (χ3n) is 7.00. The Hall–Kier alpha value is -4.14. The molecule has 45 heavy (non-hydrogen) atoms. The first-order valence-electron chi connectivity index (χ1n) is 19.0. The van der Waals surface area contributed by atoms with E-state index >= 15 is 0 Å². The summed E-state index contributed by atoms with van der Waals surface area (Å²) >= 11 is 0. The molecule has 2 aliphatic heterocycles. The first-order valence-corrected chi connectivity index (χ1v) is 15.0. The fourth-order valence-corrected chi connectivity index (χ4v) is 4.93. The molecule has 240 valence electrons. The smallest absolute Gasteiger partial charge is 0.311 e. The van der Waals surface area contributed by atoms with Crippen molar-refractivity contribution in [3.05, 3.63) is 105 Å². The van der Waals surface area contributed by atoms with Crippen LogP contribution in [0, 0.1) is 24.0 Å². The van der Waals surface area contributed by atoms with Crippen molar-refractivity contribution in [3.63, 3.8) is 0 Å². The molecule has 2 heterocycles. The molecule has 0 radical (unpaired) electrons. The molecule has 8 heteroatoms. The van der Waals surface area contributed by atoms with Crippen LogP contribution in [-0.4, -0.2) is 48.0 Å². The highest BCUT2D eigenvalue weighted by Gasteiger charge is 2.22. The monoisotopic (exact) mass is 620 g/mol. The number of hydrogen-bond acceptors (Lipinski definition) is 7. The number of anilines is 1. The average Bonchev–Trinajstić information content (AvgIpc) is 2.99. The zero-order valence-corrected chi connectivity index (χ0v) is 26.7. The minimum atomic E-state index is -2.06. The molecule has 0 fully saturated rings. The van der Waals surface area contributed by atoms with E-state index in [0.29, 0.717) is 33.7 Å². The van der Waals surface area contributed by atoms with Crippen LogP contribution in [0.4, 0.5) is 11.4 Å². The lowest BCUT2D eigenvalue weighted by atomic mass is 9.94. The van der Waals surface area contributed by atoms with Crippen LogP contribution in [0.2, 0.25) is 0 Å². The van der Waals surface area contributed by atoms with Gasteiger partial charge in [-0.1, -0.05) is 42.5 Å². The quantitative estimate of drug-likeness (QED) is 0.143. The van der Waals surface area contributed by atoms with Crippen molar-refractivity contribution >= 4 is 22.5 Å². The number of nitro benzene ring substituents is 1. The summed E-state index contributed by atoms with van der Waals surface area (Å²) in [5.74, 6) is 0.630. The highest BCUT2D eigenvalue weighted by atomic mass is 16.6. The lowest BCUT2D eigenvalue weighted by Gasteiger charge is -2.27. The van der Waals surface area contributed by atoms with Gasteiger partial charge in [-0.2, -0.15) is 0 Å². The van der Waals surface area contributed by atoms with E-state index in [9.17, 15) is 10.1 Å². The highest BCUT2D eigenvalue weighted by molar-refractivity contribution is 5.74. The van der Waals surface area contributed by atoms with Crippen LogP contribution < -0.4 is 20.5 Å². The van der Waals surface area contributed by atoms with E-state index in [1.165, 1.54) is 29.2 Å². The molecule has 0 bridgehead atoms. The van der Waals surface area contributed by atoms with E-state index in [1.54, 1.807) is 32.9 Å². The fraction of sp³-hybridized carbons (Fsp3) is 0.405. The van der Waals surface area contributed by atoms with Gasteiger partial charge in [-0.3, -0.25) is 15.0 Å². The van der Waals surface area contributed by atoms with Crippen molar-refractivity contribution in [3.8, 4) is 11.5 Å². The summed E-state index contributed by atoms with van der Waals surface area (Å²) in [7, 11) is 0. The van der Waals surface area contributed by atoms with Gasteiger partial charge in [0.05, 0.1) is 22.8 Å². The van der Waals surface area contributed by atoms with Gasteiger partial charge in [-0.05, 0) is 118 Å². The number of nitrogens with one attached hydrogen (secondary N) is 1. The van der Waals surface area contributed by atoms with E-state index in [4.69, 9.17) is 26.2 Å². The second-order valence-electron chi connectivity index (χ2n) is 11.4. The van der Waals surface area contributed by atoms with Crippen molar-refractivity contribution in [1.29, 1.82) is 0 Å². The maximum Gasteiger partial charge on any atom is 0.311 e. The number of nitro groups is 1. The molecule has 0 saturated heterocycles. The zero-order valence-electron chi connectivity index (χ0n) is 34.7. The number of nitrogens with zero attached hydrogens (tertiary/aromatic N) is 2. The Labute approximate surface area is 279 Å². The molecule has 5 rings (SSSR count). The molecule has 8 nitrogen and oxygen atoms in total. The average molecular weight is 621 g/mol. The molecular weight excluding hydrogens is 564 g/mol. The predicted octanol–water partition coefficient (Wildman–Crippen LogP) is 7.72. The molecule has 0 aromatic heterocycles. The van der Waals surface area contributed by atoms with Crippen LogP contribution in [0.5, 0.6) is 11.5 Å². The normalized spacial score (nSPS) is 22.3. The van der Waals surface area contributed by atoms with E-state index in [0.717, 1.165) is 16.7 Å². The van der Waals surface area contributed by atoms with Crippen LogP contribution in [0.1, 0.15) is 79.3 Å². The maximum absolute atomic E-state index is 11.5. The number of rotatable bonds is 9. The largest absolute Gasteiger partial charge is 0.489 e. The molecule has 0 aliphatic carbocycles. The van der Waals surface area contributed by atoms with Gasteiger partial charge >= 0.3 is 5.69 Å². The molecule has 0 spiro atoms. The summed E-state index contributed by atoms with van der Waals surface area (Å²) in [6.45, 7) is 3.30. The Balaban J connectivity index is 0.000000251. The molecule has 3 aromatic rings. The Morgan fingerprint density at radius 1 is 0.933 bits per heavy atom. The van der Waals surface area contributed by atoms with Crippen molar-refractivity contribution in [2.45, 2.75) is 73.1 Å². The molecule has 2 aliphatic rings. The molecule has 3 aromatic carbocycles. The minimum absolute atomic E-state index is 0.0299. The van der Waals surface area contributed by atoms with E-state index in [2.05, 4.69) is 5.32 Å². The van der Waals surface area contributed by atoms with E-state index < -0.39 is 30.9 Å². The summed E-state index contributed by atoms with van der Waals surface area (Å²) in [6, 6.07) is 15.7. The summed E-state index contributed by atoms with van der Waals surface area (Å²) in [5.41, 5.74) is 11.0. The zero-order chi connectivity index (χ0) is 39.7. The lowest BCUT2D eigenvalue weighted by Crippen LogP contribution is -2.28. The van der Waals surface area contributed by atoms with E-state index in [-0.39, 0.29) is 43.0 Å². The van der Waals surface area contributed by atoms with Crippen LogP contribution in [0.25, 0.3) is 11.1 Å². The van der Waals surface area contributed by atoms with E-state index in [1.807, 2.05) is 51.1 Å². The number of hydrogen-bond donors (Lipinski definition) is 2. The van der Waals surface area contributed by atoms with Crippen LogP contribution >= 0.6 is 0 Å². The Kier molecular flexibility index (Phi) is 8.44. The van der Waals surface area contributed by atoms with Crippen molar-refractivity contribution in [1.82, 2.24) is 10.2 Å². The first kappa shape index (κ1) is 24.1. The van der Waals surface area contributed by atoms with Gasteiger partial charge in [-0.25, -0.2) is 0 Å². The number of aryl methyl sites for hydroxylation is 2. The number of nitrogens with two attached hydrogens (primary N) is 1. The number of ether oxygens (including phenoxy) is 2. The van der Waals surface area contributed by atoms with Crippen molar-refractivity contribution in [2.75, 3.05) is 31.7 Å². The fourth-order valence-electron chi connectivity index (χ4n) is 4.93. The Bertz CT molecular complexity index is 1880. The van der Waals surface area contributed by atoms with Crippen LogP contribution in [0.15, 0.2) is 66.7 Å². The standard InChI is InChI=1S/C22H26N2O3.C15H22N2O/c1-16(2)27-22-14-20(17(3)13-21(22)24(25)26)19-9-11-23(12-10-19)15-18-7-5-4-6-8-18;1-10(2)18-15-9-13(11(3)8-14(15)16)12-4-6-17-7-5-12/h4-9,13-14,16H,10-12,15H2,1-3H3;4,8-10,17H,5-7,16H2,1-3H3/i11D2,12D2;6D2,7D2. The second-order valence-corrected chi connectivity index (χ2v) is 11.4. The Morgan fingerprint density at radius 3 is 2.18 bits per heavy atom. The summed E-state index contributed by atoms with van der Waals surface area (Å²) < 4.78 is 77.0. The van der Waals surface area contributed by atoms with Gasteiger partial charge in [0.15, 0.2) is 5.75 Å². The van der Waals surface area contributed by atoms with Crippen LogP contribution in [0.3, 0.4) is 0 Å². The lowest BCUT2D eigenvalue weighted by molar-refractivity contribution is -0.386. The topological polar surface area (TPSA) is 103 Å². The predicted molar refractivity (Wildman–Crippen MR) is 185 cm³/mol. The van der Waals surface area contributed by atoms with Gasteiger partial charge in [0, 0.05) is 43.1 Å². The summed E-state index contributed by atoms with van der Waals surface area (Å²) in [5, 5.41) is 13.8. The molecule has 0 unspecified atom stereocenters. The highest BCUT2D eigenvalue weighted by Crippen LogP contribution is 2.36. The SMILES string of the molecule is [2H]C1([2H])C=C(c2cc(OC(C)C)c(N)cc2C)CC([2H])([2H])N1.[2H]C1([2H])C=C(c2cc(OC(C)C)c([N+](=O)[O-])cc2C)CC([2H])([2H])N1Cc1ccccc1. The van der Waals surface area contributed by atoms with Gasteiger partial charge in [-0.15, -0.1) is 0 Å². The number of nitrogen functional groups attached to an aromatic ring is 1. The van der Waals surface area contributed by atoms with Crippen molar-refractivity contribution < 1.29 is 25.4 Å². The van der Waals surface area contributed by atoms with Gasteiger partial charge < -0.3 is 20.5 Å². The third-order valence-corrected chi connectivity index (χ3v) is 7.00. The molecular formula is C37H48N4O4. The summed E-state index contributed by atoms with van der Waals surface area (Å²) in [4.78, 5) is 12.1. The molecule has 0 saturated carbocycles. The number of benzene rings is 3. The molecule has 0 atom stereocenters. The van der Waals surface area contributed by atoms with Gasteiger partial charge in [0.25, 0.3) is 0 Å². The summed E-state index contributed by atoms with van der Waals surface area (Å²) in [6.07, 6.45) is 2.54. The van der Waals surface area contributed by atoms with Gasteiger partial charge in [0.2, 0.25) is 0 Å². The van der Waals surface area contributed by atoms with Crippen molar-refractivity contribution in [2.24, 2.45) is 0 Å². The maximum atomic E-state index is 11.5. The first-order chi connectivity index (χ1) is 24.4. The Morgan fingerprint density at radius 2 is 1.56 bits per heavy atom. The molecule has 0 amide bonds. The molecule has 3 N–H and O–H groups in total. The second kappa shape index (κ2) is 15.7. The van der Waals surface area contributed by atoms with Crippen LogP contribution in [-0.2, 0) is 6.54 Å². The van der Waals surface area contributed by atoms with Gasteiger partial charge in [0.1, 0.15) is 5.75 Å². The third kappa shape index (κ3) is 9.42.